The van der Waals surface area contributed by atoms with Crippen LogP contribution in [-0.2, 0) is 14.6 Å². The number of hydrogen-bond donors (Lipinski definition) is 0. The van der Waals surface area contributed by atoms with E-state index in [0.29, 0.717) is 6.42 Å². The lowest BCUT2D eigenvalue weighted by Gasteiger charge is -2.44. The molecule has 2 rings (SSSR count). The molecule has 2 aliphatic rings. The van der Waals surface area contributed by atoms with Crippen LogP contribution in [0.1, 0.15) is 46.0 Å². The van der Waals surface area contributed by atoms with Crippen molar-refractivity contribution < 1.29 is 13.2 Å². The minimum absolute atomic E-state index is 0.162. The fourth-order valence-electron chi connectivity index (χ4n) is 3.04. The molecule has 0 radical (unpaired) electrons. The number of ketones is 1. The van der Waals surface area contributed by atoms with E-state index in [1.54, 1.807) is 6.92 Å². The Hall–Kier alpha value is -0.380. The van der Waals surface area contributed by atoms with Crippen LogP contribution < -0.4 is 0 Å². The summed E-state index contributed by atoms with van der Waals surface area (Å²) in [5, 5.41) is -0.879. The molecule has 1 heterocycles. The average Bonchev–Trinajstić information content (AvgIpc) is 2.16. The lowest BCUT2D eigenvalue weighted by Crippen LogP contribution is -2.54. The third-order valence-corrected chi connectivity index (χ3v) is 7.03. The Balaban J connectivity index is 2.46. The number of sulfone groups is 1. The molecule has 0 spiro atoms. The topological polar surface area (TPSA) is 51.2 Å². The monoisotopic (exact) mass is 230 g/mol. The summed E-state index contributed by atoms with van der Waals surface area (Å²) in [6.07, 6.45) is 3.58. The van der Waals surface area contributed by atoms with Crippen LogP contribution in [0.15, 0.2) is 0 Å². The number of fused-ring (bicyclic) bond motifs is 1. The van der Waals surface area contributed by atoms with Crippen LogP contribution >= 0.6 is 0 Å². The highest BCUT2D eigenvalue weighted by atomic mass is 32.2. The van der Waals surface area contributed by atoms with E-state index in [1.807, 2.05) is 6.92 Å². The van der Waals surface area contributed by atoms with E-state index in [9.17, 15) is 13.2 Å². The van der Waals surface area contributed by atoms with Crippen LogP contribution in [0, 0.1) is 5.41 Å². The first-order valence-corrected chi connectivity index (χ1v) is 7.26. The van der Waals surface area contributed by atoms with Gasteiger partial charge >= 0.3 is 0 Å². The highest BCUT2D eigenvalue weighted by Gasteiger charge is 2.54. The van der Waals surface area contributed by atoms with E-state index < -0.39 is 25.8 Å². The van der Waals surface area contributed by atoms with E-state index in [0.717, 1.165) is 19.3 Å². The Morgan fingerprint density at radius 2 is 2.00 bits per heavy atom. The van der Waals surface area contributed by atoms with E-state index >= 15 is 0 Å². The zero-order valence-corrected chi connectivity index (χ0v) is 10.1. The molecule has 1 saturated carbocycles. The molecule has 0 aromatic heterocycles. The minimum atomic E-state index is -3.07. The highest BCUT2D eigenvalue weighted by Crippen LogP contribution is 2.46. The third-order valence-electron chi connectivity index (χ3n) is 4.19. The van der Waals surface area contributed by atoms with Crippen molar-refractivity contribution in [1.82, 2.24) is 0 Å². The van der Waals surface area contributed by atoms with Gasteiger partial charge in [-0.1, -0.05) is 19.8 Å². The molecule has 1 saturated heterocycles. The van der Waals surface area contributed by atoms with E-state index in [1.165, 1.54) is 0 Å². The number of Topliss-reactive ketones (excluding diaryl/α,β-unsaturated/α-hetero) is 1. The first-order valence-electron chi connectivity index (χ1n) is 5.65. The fraction of sp³-hybridized carbons (Fsp3) is 0.909. The van der Waals surface area contributed by atoms with Gasteiger partial charge in [-0.25, -0.2) is 8.42 Å². The predicted molar refractivity (Wildman–Crippen MR) is 58.4 cm³/mol. The van der Waals surface area contributed by atoms with Crippen LogP contribution in [0.5, 0.6) is 0 Å². The Labute approximate surface area is 91.2 Å². The fourth-order valence-corrected chi connectivity index (χ4v) is 5.45. The molecule has 0 amide bonds. The molecule has 0 unspecified atom stereocenters. The van der Waals surface area contributed by atoms with Crippen LogP contribution in [-0.4, -0.2) is 24.7 Å². The molecule has 86 valence electrons. The predicted octanol–water partition coefficient (Wildman–Crippen LogP) is 1.71. The van der Waals surface area contributed by atoms with Gasteiger partial charge < -0.3 is 0 Å². The van der Waals surface area contributed by atoms with Crippen molar-refractivity contribution >= 4 is 15.6 Å². The Morgan fingerprint density at radius 1 is 1.33 bits per heavy atom. The molecule has 1 aliphatic heterocycles. The SMILES string of the molecule is C[C@@H]1CC(=O)[C@]2(C)CCCC[C@@H]2S1(=O)=O. The summed E-state index contributed by atoms with van der Waals surface area (Å²) < 4.78 is 24.3. The molecule has 1 aliphatic carbocycles. The summed E-state index contributed by atoms with van der Waals surface area (Å²) in [5.74, 6) is 0.162. The highest BCUT2D eigenvalue weighted by molar-refractivity contribution is 7.92. The molecule has 0 aromatic rings. The molecular weight excluding hydrogens is 212 g/mol. The Kier molecular flexibility index (Phi) is 2.45. The summed E-state index contributed by atoms with van der Waals surface area (Å²) in [6.45, 7) is 3.52. The molecule has 0 bridgehead atoms. The van der Waals surface area contributed by atoms with Gasteiger partial charge in [0.05, 0.1) is 10.5 Å². The first-order chi connectivity index (χ1) is 6.89. The van der Waals surface area contributed by atoms with Gasteiger partial charge in [0, 0.05) is 11.8 Å². The first kappa shape index (κ1) is 11.1. The second-order valence-electron chi connectivity index (χ2n) is 5.18. The molecule has 3 atom stereocenters. The number of rotatable bonds is 0. The lowest BCUT2D eigenvalue weighted by molar-refractivity contribution is -0.130. The van der Waals surface area contributed by atoms with Crippen LogP contribution in [0.4, 0.5) is 0 Å². The van der Waals surface area contributed by atoms with Crippen molar-refractivity contribution in [3.05, 3.63) is 0 Å². The maximum atomic E-state index is 12.1. The van der Waals surface area contributed by atoms with Crippen molar-refractivity contribution in [1.29, 1.82) is 0 Å². The quantitative estimate of drug-likeness (QED) is 0.636. The van der Waals surface area contributed by atoms with E-state index in [4.69, 9.17) is 0 Å². The summed E-state index contributed by atoms with van der Waals surface area (Å²) in [5.41, 5.74) is -0.580. The van der Waals surface area contributed by atoms with Crippen molar-refractivity contribution in [3.8, 4) is 0 Å². The molecule has 2 fully saturated rings. The molecule has 0 aromatic carbocycles. The molecule has 0 N–H and O–H groups in total. The van der Waals surface area contributed by atoms with Crippen molar-refractivity contribution in [2.45, 2.75) is 56.5 Å². The summed E-state index contributed by atoms with van der Waals surface area (Å²) in [6, 6.07) is 0. The van der Waals surface area contributed by atoms with E-state index in [-0.39, 0.29) is 12.2 Å². The third kappa shape index (κ3) is 1.45. The van der Waals surface area contributed by atoms with Crippen molar-refractivity contribution in [2.24, 2.45) is 5.41 Å². The maximum Gasteiger partial charge on any atom is 0.157 e. The van der Waals surface area contributed by atoms with Gasteiger partial charge in [0.1, 0.15) is 5.78 Å². The Bertz CT molecular complexity index is 385. The normalized spacial score (nSPS) is 44.8. The van der Waals surface area contributed by atoms with Gasteiger partial charge in [-0.05, 0) is 19.8 Å². The van der Waals surface area contributed by atoms with Gasteiger partial charge in [0.2, 0.25) is 0 Å². The zero-order chi connectivity index (χ0) is 11.3. The largest absolute Gasteiger partial charge is 0.299 e. The zero-order valence-electron chi connectivity index (χ0n) is 9.32. The smallest absolute Gasteiger partial charge is 0.157 e. The summed E-state index contributed by atoms with van der Waals surface area (Å²) in [7, 11) is -3.07. The molecule has 3 nitrogen and oxygen atoms in total. The number of carbonyl (C=O) groups is 1. The van der Waals surface area contributed by atoms with Crippen LogP contribution in [0.3, 0.4) is 0 Å². The van der Waals surface area contributed by atoms with Gasteiger partial charge in [-0.3, -0.25) is 4.79 Å². The Morgan fingerprint density at radius 3 is 2.67 bits per heavy atom. The second-order valence-corrected chi connectivity index (χ2v) is 7.73. The minimum Gasteiger partial charge on any atom is -0.299 e. The average molecular weight is 230 g/mol. The van der Waals surface area contributed by atoms with Gasteiger partial charge in [0.25, 0.3) is 0 Å². The standard InChI is InChI=1S/C11H18O3S/c1-8-7-9(12)11(2)6-4-3-5-10(11)15(8,13)14/h8,10H,3-7H2,1-2H3/t8-,10+,11+/m1/s1. The maximum absolute atomic E-state index is 12.1. The molecular formula is C11H18O3S. The van der Waals surface area contributed by atoms with Crippen LogP contribution in [0.2, 0.25) is 0 Å². The molecule has 4 heteroatoms. The van der Waals surface area contributed by atoms with Gasteiger partial charge in [0.15, 0.2) is 9.84 Å². The number of hydrogen-bond acceptors (Lipinski definition) is 3. The van der Waals surface area contributed by atoms with Crippen molar-refractivity contribution in [3.63, 3.8) is 0 Å². The van der Waals surface area contributed by atoms with Gasteiger partial charge in [-0.15, -0.1) is 0 Å². The van der Waals surface area contributed by atoms with Crippen LogP contribution in [0.25, 0.3) is 0 Å². The second kappa shape index (κ2) is 3.30. The molecule has 15 heavy (non-hydrogen) atoms. The number of carbonyl (C=O) groups excluding carboxylic acids is 1. The summed E-state index contributed by atoms with van der Waals surface area (Å²) >= 11 is 0. The summed E-state index contributed by atoms with van der Waals surface area (Å²) in [4.78, 5) is 12.0. The lowest BCUT2D eigenvalue weighted by atomic mass is 9.71. The van der Waals surface area contributed by atoms with Crippen molar-refractivity contribution in [2.75, 3.05) is 0 Å². The van der Waals surface area contributed by atoms with E-state index in [2.05, 4.69) is 0 Å². The van der Waals surface area contributed by atoms with Gasteiger partial charge in [-0.2, -0.15) is 0 Å².